The van der Waals surface area contributed by atoms with Gasteiger partial charge in [0, 0.05) is 25.8 Å². The lowest BCUT2D eigenvalue weighted by molar-refractivity contribution is -0.138. The van der Waals surface area contributed by atoms with Gasteiger partial charge in [0.15, 0.2) is 0 Å². The molecule has 0 radical (unpaired) electrons. The monoisotopic (exact) mass is 315 g/mol. The van der Waals surface area contributed by atoms with Crippen molar-refractivity contribution >= 4 is 40.7 Å². The molecule has 1 fully saturated rings. The zero-order chi connectivity index (χ0) is 14.7. The Morgan fingerprint density at radius 1 is 1.35 bits per heavy atom. The first-order chi connectivity index (χ1) is 9.47. The van der Waals surface area contributed by atoms with Crippen molar-refractivity contribution in [2.45, 2.75) is 0 Å². The first-order valence-electron chi connectivity index (χ1n) is 6.18. The van der Waals surface area contributed by atoms with E-state index in [0.29, 0.717) is 28.8 Å². The third-order valence-electron chi connectivity index (χ3n) is 3.09. The van der Waals surface area contributed by atoms with Crippen LogP contribution in [0.5, 0.6) is 0 Å². The van der Waals surface area contributed by atoms with Crippen LogP contribution in [0.2, 0.25) is 10.0 Å². The molecule has 1 aromatic carbocycles. The minimum Gasteiger partial charge on any atom is -0.336 e. The van der Waals surface area contributed by atoms with E-state index < -0.39 is 0 Å². The molecule has 7 heteroatoms. The molecule has 0 bridgehead atoms. The number of likely N-dealkylation sites (N-methyl/N-ethyl adjacent to an activating group) is 1. The van der Waals surface area contributed by atoms with Crippen molar-refractivity contribution < 1.29 is 9.59 Å². The highest BCUT2D eigenvalue weighted by Crippen LogP contribution is 2.24. The Hall–Kier alpha value is -1.30. The van der Waals surface area contributed by atoms with Gasteiger partial charge in [-0.05, 0) is 18.2 Å². The van der Waals surface area contributed by atoms with Gasteiger partial charge in [0.25, 0.3) is 0 Å². The summed E-state index contributed by atoms with van der Waals surface area (Å²) in [5.41, 5.74) is 0.551. The Kier molecular flexibility index (Phi) is 4.86. The van der Waals surface area contributed by atoms with Crippen LogP contribution >= 0.6 is 23.2 Å². The lowest BCUT2D eigenvalue weighted by Gasteiger charge is -2.29. The predicted octanol–water partition coefficient (Wildman–Crippen LogP) is 1.61. The van der Waals surface area contributed by atoms with Gasteiger partial charge in [0.1, 0.15) is 0 Å². The summed E-state index contributed by atoms with van der Waals surface area (Å²) in [5, 5.41) is 6.50. The van der Waals surface area contributed by atoms with Crippen molar-refractivity contribution in [1.29, 1.82) is 0 Å². The van der Waals surface area contributed by atoms with Crippen LogP contribution in [0.1, 0.15) is 0 Å². The molecule has 5 nitrogen and oxygen atoms in total. The zero-order valence-electron chi connectivity index (χ0n) is 11.0. The van der Waals surface area contributed by atoms with Crippen LogP contribution < -0.4 is 10.6 Å². The van der Waals surface area contributed by atoms with Crippen LogP contribution in [-0.2, 0) is 9.59 Å². The van der Waals surface area contributed by atoms with E-state index in [1.54, 1.807) is 25.2 Å². The largest absolute Gasteiger partial charge is 0.336 e. The van der Waals surface area contributed by atoms with E-state index in [1.165, 1.54) is 4.90 Å². The molecule has 2 amide bonds. The van der Waals surface area contributed by atoms with E-state index in [2.05, 4.69) is 10.6 Å². The fraction of sp³-hybridized carbons (Fsp3) is 0.385. The number of hydrogen-bond acceptors (Lipinski definition) is 3. The fourth-order valence-corrected chi connectivity index (χ4v) is 2.14. The molecule has 0 saturated carbocycles. The number of anilines is 1. The second-order valence-corrected chi connectivity index (χ2v) is 5.54. The molecule has 1 aromatic rings. The lowest BCUT2D eigenvalue weighted by Crippen LogP contribution is -2.52. The van der Waals surface area contributed by atoms with E-state index in [-0.39, 0.29) is 24.3 Å². The first kappa shape index (κ1) is 15.1. The molecule has 1 saturated heterocycles. The molecule has 20 heavy (non-hydrogen) atoms. The molecule has 0 aliphatic carbocycles. The van der Waals surface area contributed by atoms with Gasteiger partial charge in [-0.25, -0.2) is 0 Å². The van der Waals surface area contributed by atoms with E-state index >= 15 is 0 Å². The number of halogens is 2. The van der Waals surface area contributed by atoms with Gasteiger partial charge in [-0.1, -0.05) is 23.2 Å². The Morgan fingerprint density at radius 3 is 2.60 bits per heavy atom. The van der Waals surface area contributed by atoms with Crippen LogP contribution in [0, 0.1) is 5.92 Å². The second kappa shape index (κ2) is 6.43. The Bertz CT molecular complexity index is 532. The molecule has 0 atom stereocenters. The molecule has 0 aromatic heterocycles. The maximum Gasteiger partial charge on any atom is 0.243 e. The van der Waals surface area contributed by atoms with E-state index in [4.69, 9.17) is 23.2 Å². The smallest absolute Gasteiger partial charge is 0.243 e. The summed E-state index contributed by atoms with van der Waals surface area (Å²) in [6.45, 7) is 1.37. The highest BCUT2D eigenvalue weighted by molar-refractivity contribution is 6.42. The summed E-state index contributed by atoms with van der Waals surface area (Å²) in [7, 11) is 1.62. The number of nitrogens with zero attached hydrogens (tertiary/aromatic N) is 1. The van der Waals surface area contributed by atoms with Crippen molar-refractivity contribution in [3.8, 4) is 0 Å². The van der Waals surface area contributed by atoms with Crippen molar-refractivity contribution in [1.82, 2.24) is 10.2 Å². The molecule has 2 rings (SSSR count). The fourth-order valence-electron chi connectivity index (χ4n) is 1.84. The molecule has 1 heterocycles. The number of benzene rings is 1. The SMILES string of the molecule is CN(CC(=O)Nc1ccc(Cl)c(Cl)c1)C(=O)C1CNC1. The van der Waals surface area contributed by atoms with E-state index in [1.807, 2.05) is 0 Å². The summed E-state index contributed by atoms with van der Waals surface area (Å²) in [5.74, 6) is -0.308. The lowest BCUT2D eigenvalue weighted by atomic mass is 10.0. The minimum absolute atomic E-state index is 0.00950. The normalized spacial score (nSPS) is 14.6. The second-order valence-electron chi connectivity index (χ2n) is 4.73. The van der Waals surface area contributed by atoms with Crippen molar-refractivity contribution in [2.24, 2.45) is 5.92 Å². The van der Waals surface area contributed by atoms with Gasteiger partial charge in [-0.3, -0.25) is 9.59 Å². The van der Waals surface area contributed by atoms with Crippen LogP contribution in [-0.4, -0.2) is 43.4 Å². The van der Waals surface area contributed by atoms with Crippen molar-refractivity contribution in [3.05, 3.63) is 28.2 Å². The molecular weight excluding hydrogens is 301 g/mol. The Balaban J connectivity index is 1.88. The topological polar surface area (TPSA) is 61.4 Å². The minimum atomic E-state index is -0.272. The van der Waals surface area contributed by atoms with Crippen LogP contribution in [0.4, 0.5) is 5.69 Å². The first-order valence-corrected chi connectivity index (χ1v) is 6.93. The maximum absolute atomic E-state index is 11.9. The number of carbonyl (C=O) groups excluding carboxylic acids is 2. The summed E-state index contributed by atoms with van der Waals surface area (Å²) < 4.78 is 0. The highest BCUT2D eigenvalue weighted by Gasteiger charge is 2.28. The van der Waals surface area contributed by atoms with Crippen LogP contribution in [0.25, 0.3) is 0 Å². The quantitative estimate of drug-likeness (QED) is 0.887. The Labute approximate surface area is 127 Å². The van der Waals surface area contributed by atoms with Gasteiger partial charge in [-0.2, -0.15) is 0 Å². The van der Waals surface area contributed by atoms with Crippen LogP contribution in [0.3, 0.4) is 0 Å². The average molecular weight is 316 g/mol. The third-order valence-corrected chi connectivity index (χ3v) is 3.83. The highest BCUT2D eigenvalue weighted by atomic mass is 35.5. The number of rotatable bonds is 4. The summed E-state index contributed by atoms with van der Waals surface area (Å²) in [6, 6.07) is 4.83. The molecule has 1 aliphatic rings. The van der Waals surface area contributed by atoms with Gasteiger partial charge in [0.05, 0.1) is 22.5 Å². The third kappa shape index (κ3) is 3.62. The molecule has 0 unspecified atom stereocenters. The van der Waals surface area contributed by atoms with E-state index in [9.17, 15) is 9.59 Å². The number of amides is 2. The molecule has 2 N–H and O–H groups in total. The number of carbonyl (C=O) groups is 2. The van der Waals surface area contributed by atoms with Gasteiger partial charge in [0.2, 0.25) is 11.8 Å². The average Bonchev–Trinajstić information content (AvgIpc) is 2.31. The molecule has 0 spiro atoms. The molecule has 108 valence electrons. The maximum atomic E-state index is 11.9. The summed E-state index contributed by atoms with van der Waals surface area (Å²) >= 11 is 11.7. The van der Waals surface area contributed by atoms with Crippen molar-refractivity contribution in [2.75, 3.05) is 32.0 Å². The van der Waals surface area contributed by atoms with E-state index in [0.717, 1.165) is 0 Å². The van der Waals surface area contributed by atoms with Gasteiger partial charge < -0.3 is 15.5 Å². The zero-order valence-corrected chi connectivity index (χ0v) is 12.5. The van der Waals surface area contributed by atoms with Crippen LogP contribution in [0.15, 0.2) is 18.2 Å². The van der Waals surface area contributed by atoms with Crippen molar-refractivity contribution in [3.63, 3.8) is 0 Å². The molecule has 1 aliphatic heterocycles. The number of hydrogen-bond donors (Lipinski definition) is 2. The molecular formula is C13H15Cl2N3O2. The predicted molar refractivity (Wildman–Crippen MR) is 79.1 cm³/mol. The standard InChI is InChI=1S/C13H15Cl2N3O2/c1-18(13(20)8-5-16-6-8)7-12(19)17-9-2-3-10(14)11(15)4-9/h2-4,8,16H,5-7H2,1H3,(H,17,19). The Morgan fingerprint density at radius 2 is 2.05 bits per heavy atom. The van der Waals surface area contributed by atoms with Gasteiger partial charge in [-0.15, -0.1) is 0 Å². The summed E-state index contributed by atoms with van der Waals surface area (Å²) in [6.07, 6.45) is 0. The van der Waals surface area contributed by atoms with Gasteiger partial charge >= 0.3 is 0 Å². The number of nitrogens with one attached hydrogen (secondary N) is 2. The summed E-state index contributed by atoms with van der Waals surface area (Å²) in [4.78, 5) is 25.2.